The predicted molar refractivity (Wildman–Crippen MR) is 168 cm³/mol. The van der Waals surface area contributed by atoms with E-state index in [-0.39, 0.29) is 18.7 Å². The molecule has 1 fully saturated rings. The van der Waals surface area contributed by atoms with Crippen LogP contribution in [0.15, 0.2) is 97.1 Å². The zero-order valence-corrected chi connectivity index (χ0v) is 25.6. The minimum atomic E-state index is -4.33. The molecule has 4 aromatic rings. The third-order valence-corrected chi connectivity index (χ3v) is 8.00. The molecule has 10 heteroatoms. The highest BCUT2D eigenvalue weighted by Crippen LogP contribution is 2.36. The Labute approximate surface area is 266 Å². The van der Waals surface area contributed by atoms with E-state index < -0.39 is 11.7 Å². The smallest absolute Gasteiger partial charge is 0.416 e. The molecule has 244 valence electrons. The molecule has 0 aromatic heterocycles. The summed E-state index contributed by atoms with van der Waals surface area (Å²) in [5.41, 5.74) is 1.50. The lowest BCUT2D eigenvalue weighted by Gasteiger charge is -2.32. The Morgan fingerprint density at radius 1 is 0.891 bits per heavy atom. The topological polar surface area (TPSA) is 61.0 Å². The molecule has 0 radical (unpaired) electrons. The van der Waals surface area contributed by atoms with Gasteiger partial charge >= 0.3 is 6.18 Å². The maximum Gasteiger partial charge on any atom is 0.416 e. The molecule has 6 rings (SSSR count). The maximum atomic E-state index is 13.2. The van der Waals surface area contributed by atoms with Gasteiger partial charge in [-0.05, 0) is 92.1 Å². The summed E-state index contributed by atoms with van der Waals surface area (Å²) in [6, 6.07) is 26.9. The second-order valence-corrected chi connectivity index (χ2v) is 11.2. The van der Waals surface area contributed by atoms with E-state index in [0.717, 1.165) is 67.4 Å². The number of ether oxygens (including phenoxy) is 4. The number of hydrogen-bond acceptors (Lipinski definition) is 6. The number of halogens is 4. The lowest BCUT2D eigenvalue weighted by Crippen LogP contribution is -2.38. The van der Waals surface area contributed by atoms with Crippen molar-refractivity contribution in [2.45, 2.75) is 31.0 Å². The molecule has 0 saturated carbocycles. The first-order valence-electron chi connectivity index (χ1n) is 15.3. The van der Waals surface area contributed by atoms with Gasteiger partial charge in [0.15, 0.2) is 11.5 Å². The van der Waals surface area contributed by atoms with E-state index in [1.165, 1.54) is 29.8 Å². The van der Waals surface area contributed by atoms with Crippen molar-refractivity contribution in [2.75, 3.05) is 40.1 Å². The van der Waals surface area contributed by atoms with E-state index in [1.807, 2.05) is 67.7 Å². The molecular weight excluding hydrogens is 600 g/mol. The molecule has 4 aromatic carbocycles. The summed E-state index contributed by atoms with van der Waals surface area (Å²) < 4.78 is 73.4. The van der Waals surface area contributed by atoms with Gasteiger partial charge in [0.2, 0.25) is 6.79 Å². The van der Waals surface area contributed by atoms with Crippen molar-refractivity contribution < 1.29 is 36.5 Å². The molecule has 6 nitrogen and oxygen atoms in total. The highest BCUT2D eigenvalue weighted by Gasteiger charge is 2.30. The third-order valence-electron chi connectivity index (χ3n) is 8.00. The van der Waals surface area contributed by atoms with E-state index in [0.29, 0.717) is 24.2 Å². The monoisotopic (exact) mass is 638 g/mol. The molecule has 1 saturated heterocycles. The van der Waals surface area contributed by atoms with Gasteiger partial charge in [-0.1, -0.05) is 42.5 Å². The second-order valence-electron chi connectivity index (χ2n) is 11.2. The summed E-state index contributed by atoms with van der Waals surface area (Å²) in [6.45, 7) is 3.49. The Hall–Kier alpha value is -4.28. The summed E-state index contributed by atoms with van der Waals surface area (Å²) in [6.07, 6.45) is -2.78. The Balaban J connectivity index is 0.000000182. The average molecular weight is 639 g/mol. The maximum absolute atomic E-state index is 13.2. The zero-order valence-electron chi connectivity index (χ0n) is 25.6. The first-order chi connectivity index (χ1) is 22.3. The lowest BCUT2D eigenvalue weighted by atomic mass is 9.81. The minimum absolute atomic E-state index is 0.194. The SMILES string of the molecule is CNCCC(Oc1ccc(C(F)(F)F)cc1)c1ccccc1.Fc1ccc([C@@H]2CCNC[C@H]2COc2ccc3c(c2)OCO3)cc1. The number of fused-ring (bicyclic) bond motifs is 1. The fraction of sp³-hybridized carbons (Fsp3) is 0.333. The summed E-state index contributed by atoms with van der Waals surface area (Å²) >= 11 is 0. The molecule has 2 aliphatic heterocycles. The summed E-state index contributed by atoms with van der Waals surface area (Å²) in [7, 11) is 1.85. The number of nitrogens with one attached hydrogen (secondary N) is 2. The largest absolute Gasteiger partial charge is 0.493 e. The highest BCUT2D eigenvalue weighted by molar-refractivity contribution is 5.46. The van der Waals surface area contributed by atoms with Gasteiger partial charge < -0.3 is 29.6 Å². The standard InChI is InChI=1S/C19H20FNO3.C17H18F3NO/c20-15-3-1-13(2-4-15)17-7-8-21-10-14(17)11-22-16-5-6-18-19(9-16)24-12-23-18;1-21-12-11-16(13-5-3-2-4-6-13)22-15-9-7-14(8-10-15)17(18,19)20/h1-6,9,14,17,21H,7-8,10-12H2;2-10,16,21H,11-12H2,1H3/t14-,17-;/m0./s1. The molecular formula is C36H38F4N2O4. The molecule has 3 atom stereocenters. The normalized spacial score (nSPS) is 17.8. The van der Waals surface area contributed by atoms with Crippen LogP contribution in [0.25, 0.3) is 0 Å². The van der Waals surface area contributed by atoms with Gasteiger partial charge in [-0.15, -0.1) is 0 Å². The van der Waals surface area contributed by atoms with Crippen LogP contribution in [0, 0.1) is 11.7 Å². The van der Waals surface area contributed by atoms with Crippen LogP contribution in [-0.4, -0.2) is 40.1 Å². The molecule has 2 N–H and O–H groups in total. The number of benzene rings is 4. The molecule has 0 spiro atoms. The first-order valence-corrected chi connectivity index (χ1v) is 15.3. The average Bonchev–Trinajstić information content (AvgIpc) is 3.55. The molecule has 2 aliphatic rings. The number of alkyl halides is 3. The quantitative estimate of drug-likeness (QED) is 0.173. The van der Waals surface area contributed by atoms with Crippen LogP contribution in [0.5, 0.6) is 23.0 Å². The Morgan fingerprint density at radius 2 is 1.61 bits per heavy atom. The van der Waals surface area contributed by atoms with Gasteiger partial charge in [-0.2, -0.15) is 13.2 Å². The van der Waals surface area contributed by atoms with Gasteiger partial charge in [-0.3, -0.25) is 0 Å². The van der Waals surface area contributed by atoms with E-state index in [9.17, 15) is 17.6 Å². The van der Waals surface area contributed by atoms with Crippen LogP contribution in [0.2, 0.25) is 0 Å². The van der Waals surface area contributed by atoms with E-state index in [4.69, 9.17) is 18.9 Å². The highest BCUT2D eigenvalue weighted by atomic mass is 19.4. The number of piperidine rings is 1. The molecule has 0 aliphatic carbocycles. The molecule has 0 amide bonds. The minimum Gasteiger partial charge on any atom is -0.493 e. The van der Waals surface area contributed by atoms with Crippen LogP contribution in [0.1, 0.15) is 41.6 Å². The van der Waals surface area contributed by atoms with E-state index in [1.54, 1.807) is 0 Å². The number of hydrogen-bond donors (Lipinski definition) is 2. The van der Waals surface area contributed by atoms with Gasteiger partial charge in [0, 0.05) is 24.9 Å². The van der Waals surface area contributed by atoms with E-state index >= 15 is 0 Å². The summed E-state index contributed by atoms with van der Waals surface area (Å²) in [5, 5.41) is 6.48. The van der Waals surface area contributed by atoms with Crippen molar-refractivity contribution >= 4 is 0 Å². The van der Waals surface area contributed by atoms with Crippen LogP contribution in [0.4, 0.5) is 17.6 Å². The fourth-order valence-corrected chi connectivity index (χ4v) is 5.54. The zero-order chi connectivity index (χ0) is 32.4. The van der Waals surface area contributed by atoms with Crippen molar-refractivity contribution in [1.29, 1.82) is 0 Å². The van der Waals surface area contributed by atoms with Crippen LogP contribution >= 0.6 is 0 Å². The lowest BCUT2D eigenvalue weighted by molar-refractivity contribution is -0.137. The van der Waals surface area contributed by atoms with Gasteiger partial charge in [0.1, 0.15) is 23.4 Å². The summed E-state index contributed by atoms with van der Waals surface area (Å²) in [4.78, 5) is 0. The van der Waals surface area contributed by atoms with Gasteiger partial charge in [0.25, 0.3) is 0 Å². The Kier molecular flexibility index (Phi) is 11.4. The number of rotatable bonds is 10. The van der Waals surface area contributed by atoms with Gasteiger partial charge in [0.05, 0.1) is 12.2 Å². The van der Waals surface area contributed by atoms with Crippen LogP contribution in [-0.2, 0) is 6.18 Å². The van der Waals surface area contributed by atoms with Crippen molar-refractivity contribution in [3.63, 3.8) is 0 Å². The van der Waals surface area contributed by atoms with Crippen molar-refractivity contribution in [2.24, 2.45) is 5.92 Å². The van der Waals surface area contributed by atoms with Crippen LogP contribution in [0.3, 0.4) is 0 Å². The molecule has 0 bridgehead atoms. The molecule has 46 heavy (non-hydrogen) atoms. The van der Waals surface area contributed by atoms with Crippen molar-refractivity contribution in [1.82, 2.24) is 10.6 Å². The first kappa shape index (κ1) is 33.1. The fourth-order valence-electron chi connectivity index (χ4n) is 5.54. The molecule has 2 heterocycles. The van der Waals surface area contributed by atoms with Crippen molar-refractivity contribution in [3.8, 4) is 23.0 Å². The molecule has 1 unspecified atom stereocenters. The summed E-state index contributed by atoms with van der Waals surface area (Å²) in [5.74, 6) is 3.22. The second kappa shape index (κ2) is 15.8. The Bertz CT molecular complexity index is 1500. The van der Waals surface area contributed by atoms with Crippen LogP contribution < -0.4 is 29.6 Å². The predicted octanol–water partition coefficient (Wildman–Crippen LogP) is 7.76. The van der Waals surface area contributed by atoms with Gasteiger partial charge in [-0.25, -0.2) is 4.39 Å². The third kappa shape index (κ3) is 9.14. The van der Waals surface area contributed by atoms with E-state index in [2.05, 4.69) is 10.6 Å². The van der Waals surface area contributed by atoms with Crippen molar-refractivity contribution in [3.05, 3.63) is 120 Å². The Morgan fingerprint density at radius 3 is 2.33 bits per heavy atom.